The summed E-state index contributed by atoms with van der Waals surface area (Å²) in [4.78, 5) is 36.6. The molecule has 2 amide bonds. The standard InChI is InChI=1S/2C19H27N3O3.2ClH/c2*1-24-19(13-5-7-21-17(9-13)18(20)23)14-3-2-4-15(19)11-22(10-14)16-6-8-25-12-16;;/h2*5,7,9,14-16H,2-4,6,8,10-12H2,1H3,(H2,20,23);2*1H/t2*14?,15?,16-,19?;;/m10../s1. The number of rotatable bonds is 8. The number of nitrogens with two attached hydrogens (primary N) is 2. The van der Waals surface area contributed by atoms with E-state index in [4.69, 9.17) is 30.4 Å². The quantitative estimate of drug-likeness (QED) is 0.404. The second-order valence-electron chi connectivity index (χ2n) is 15.2. The molecule has 0 aromatic carbocycles. The second-order valence-corrected chi connectivity index (χ2v) is 15.2. The number of ether oxygens (including phenoxy) is 4. The topological polar surface area (TPSA) is 155 Å². The van der Waals surface area contributed by atoms with Crippen molar-refractivity contribution >= 4 is 36.6 Å². The van der Waals surface area contributed by atoms with E-state index in [0.29, 0.717) is 47.1 Å². The summed E-state index contributed by atoms with van der Waals surface area (Å²) in [7, 11) is 3.62. The third-order valence-electron chi connectivity index (χ3n) is 12.9. The van der Waals surface area contributed by atoms with Crippen LogP contribution in [0.1, 0.15) is 83.5 Å². The van der Waals surface area contributed by atoms with Gasteiger partial charge in [-0.15, -0.1) is 24.8 Å². The molecule has 8 rings (SSSR count). The average Bonchev–Trinajstić information content (AvgIpc) is 3.87. The molecule has 6 heterocycles. The molecule has 6 aliphatic rings. The number of methoxy groups -OCH3 is 2. The predicted octanol–water partition coefficient (Wildman–Crippen LogP) is 3.93. The summed E-state index contributed by atoms with van der Waals surface area (Å²) >= 11 is 0. The predicted molar refractivity (Wildman–Crippen MR) is 201 cm³/mol. The van der Waals surface area contributed by atoms with Crippen LogP contribution in [-0.4, -0.2) is 110 Å². The average molecular weight is 764 g/mol. The van der Waals surface area contributed by atoms with Crippen LogP contribution in [0.15, 0.2) is 36.7 Å². The molecule has 288 valence electrons. The minimum atomic E-state index is -0.487. The van der Waals surface area contributed by atoms with Crippen molar-refractivity contribution < 1.29 is 28.5 Å². The molecule has 6 fully saturated rings. The molecule has 2 aromatic rings. The lowest BCUT2D eigenvalue weighted by Gasteiger charge is -2.56. The zero-order valence-electron chi connectivity index (χ0n) is 30.5. The summed E-state index contributed by atoms with van der Waals surface area (Å²) in [6.45, 7) is 7.52. The molecule has 4 N–H and O–H groups in total. The lowest BCUT2D eigenvalue weighted by atomic mass is 9.62. The van der Waals surface area contributed by atoms with E-state index in [9.17, 15) is 9.59 Å². The van der Waals surface area contributed by atoms with Gasteiger partial charge in [-0.2, -0.15) is 0 Å². The maximum atomic E-state index is 11.6. The minimum absolute atomic E-state index is 0. The summed E-state index contributed by atoms with van der Waals surface area (Å²) in [6.07, 6.45) is 12.7. The van der Waals surface area contributed by atoms with E-state index < -0.39 is 11.8 Å². The van der Waals surface area contributed by atoms with Crippen molar-refractivity contribution in [3.05, 3.63) is 59.2 Å². The molecule has 4 saturated heterocycles. The Morgan fingerprint density at radius 1 is 0.673 bits per heavy atom. The third-order valence-corrected chi connectivity index (χ3v) is 12.9. The second kappa shape index (κ2) is 17.4. The van der Waals surface area contributed by atoms with Gasteiger partial charge in [0.05, 0.1) is 13.2 Å². The number of amides is 2. The first-order chi connectivity index (χ1) is 24.3. The molecule has 12 nitrogen and oxygen atoms in total. The number of fused-ring (bicyclic) bond motifs is 4. The fourth-order valence-corrected chi connectivity index (χ4v) is 10.6. The number of aromatic nitrogens is 2. The van der Waals surface area contributed by atoms with Gasteiger partial charge in [-0.1, -0.05) is 12.8 Å². The van der Waals surface area contributed by atoms with Gasteiger partial charge >= 0.3 is 0 Å². The van der Waals surface area contributed by atoms with E-state index >= 15 is 0 Å². The molecule has 2 aliphatic carbocycles. The van der Waals surface area contributed by atoms with Gasteiger partial charge in [0.15, 0.2) is 0 Å². The van der Waals surface area contributed by atoms with Crippen LogP contribution in [0.4, 0.5) is 0 Å². The molecule has 4 unspecified atom stereocenters. The van der Waals surface area contributed by atoms with E-state index in [2.05, 4.69) is 19.8 Å². The summed E-state index contributed by atoms with van der Waals surface area (Å²) in [5.41, 5.74) is 13.0. The Balaban J connectivity index is 0.000000194. The molecular weight excluding hydrogens is 707 g/mol. The van der Waals surface area contributed by atoms with Crippen molar-refractivity contribution in [3.63, 3.8) is 0 Å². The highest BCUT2D eigenvalue weighted by Crippen LogP contribution is 2.53. The van der Waals surface area contributed by atoms with Crippen LogP contribution in [0.5, 0.6) is 0 Å². The number of halogens is 2. The minimum Gasteiger partial charge on any atom is -0.380 e. The molecule has 52 heavy (non-hydrogen) atoms. The Morgan fingerprint density at radius 2 is 1.04 bits per heavy atom. The summed E-state index contributed by atoms with van der Waals surface area (Å²) in [6, 6.07) is 8.75. The van der Waals surface area contributed by atoms with E-state index in [0.717, 1.165) is 102 Å². The molecule has 0 radical (unpaired) electrons. The van der Waals surface area contributed by atoms with E-state index in [1.54, 1.807) is 12.4 Å². The van der Waals surface area contributed by atoms with Crippen LogP contribution in [0.25, 0.3) is 0 Å². The third kappa shape index (κ3) is 7.47. The fourth-order valence-electron chi connectivity index (χ4n) is 10.6. The van der Waals surface area contributed by atoms with Gasteiger partial charge in [0.2, 0.25) is 0 Å². The van der Waals surface area contributed by atoms with Gasteiger partial charge in [0.25, 0.3) is 11.8 Å². The zero-order valence-corrected chi connectivity index (χ0v) is 32.1. The highest BCUT2D eigenvalue weighted by molar-refractivity contribution is 5.91. The zero-order chi connectivity index (χ0) is 34.9. The van der Waals surface area contributed by atoms with Crippen molar-refractivity contribution in [2.24, 2.45) is 35.1 Å². The van der Waals surface area contributed by atoms with Crippen LogP contribution in [-0.2, 0) is 30.1 Å². The first kappa shape index (κ1) is 40.8. The first-order valence-electron chi connectivity index (χ1n) is 18.6. The number of hydrogen-bond donors (Lipinski definition) is 2. The number of piperidine rings is 2. The molecule has 0 spiro atoms. The van der Waals surface area contributed by atoms with Crippen LogP contribution in [0.3, 0.4) is 0 Å². The Hall–Kier alpha value is -2.42. The van der Waals surface area contributed by atoms with Gasteiger partial charge in [-0.05, 0) is 73.9 Å². The van der Waals surface area contributed by atoms with Crippen molar-refractivity contribution in [2.75, 3.05) is 66.8 Å². The van der Waals surface area contributed by atoms with E-state index in [1.165, 1.54) is 12.8 Å². The molecule has 4 aliphatic heterocycles. The highest BCUT2D eigenvalue weighted by atomic mass is 35.5. The van der Waals surface area contributed by atoms with Crippen molar-refractivity contribution in [2.45, 2.75) is 74.7 Å². The van der Waals surface area contributed by atoms with Gasteiger partial charge in [0, 0.05) is 102 Å². The van der Waals surface area contributed by atoms with Gasteiger partial charge in [-0.25, -0.2) is 0 Å². The lowest BCUT2D eigenvalue weighted by molar-refractivity contribution is -0.174. The molecular formula is C38H56Cl2N6O6. The van der Waals surface area contributed by atoms with Gasteiger partial charge < -0.3 is 30.4 Å². The summed E-state index contributed by atoms with van der Waals surface area (Å²) in [5, 5.41) is 0. The van der Waals surface area contributed by atoms with Crippen LogP contribution < -0.4 is 11.5 Å². The number of primary amides is 2. The normalized spacial score (nSPS) is 34.3. The molecule has 6 atom stereocenters. The largest absolute Gasteiger partial charge is 0.380 e. The van der Waals surface area contributed by atoms with Crippen LogP contribution in [0.2, 0.25) is 0 Å². The SMILES string of the molecule is COC1(c2ccnc(C(N)=O)c2)C2CCCC1CN([C@@H]1CCOC1)C2.COC1(c2ccnc(C(N)=O)c2)C2CCCC1CN([C@H]1CCOC1)C2.Cl.Cl. The number of pyridine rings is 2. The number of likely N-dealkylation sites (tertiary alicyclic amines) is 2. The Kier molecular flexibility index (Phi) is 13.6. The van der Waals surface area contributed by atoms with Gasteiger partial charge in [0.1, 0.15) is 22.6 Å². The summed E-state index contributed by atoms with van der Waals surface area (Å²) in [5.74, 6) is 0.669. The highest BCUT2D eigenvalue weighted by Gasteiger charge is 2.55. The molecule has 2 aromatic heterocycles. The van der Waals surface area contributed by atoms with E-state index in [1.807, 2.05) is 38.5 Å². The number of carbonyl (C=O) groups is 2. The van der Waals surface area contributed by atoms with Crippen molar-refractivity contribution in [3.8, 4) is 0 Å². The Morgan fingerprint density at radius 3 is 1.33 bits per heavy atom. The molecule has 4 bridgehead atoms. The fraction of sp³-hybridized carbons (Fsp3) is 0.684. The number of hydrogen-bond acceptors (Lipinski definition) is 10. The maximum Gasteiger partial charge on any atom is 0.267 e. The van der Waals surface area contributed by atoms with Crippen LogP contribution in [0, 0.1) is 23.7 Å². The maximum absolute atomic E-state index is 11.6. The monoisotopic (exact) mass is 762 g/mol. The number of carbonyl (C=O) groups excluding carboxylic acids is 2. The molecule has 2 saturated carbocycles. The summed E-state index contributed by atoms with van der Waals surface area (Å²) < 4.78 is 23.7. The molecule has 14 heteroatoms. The lowest BCUT2D eigenvalue weighted by Crippen LogP contribution is -2.61. The Bertz CT molecular complexity index is 1380. The van der Waals surface area contributed by atoms with Crippen molar-refractivity contribution in [1.29, 1.82) is 0 Å². The van der Waals surface area contributed by atoms with Gasteiger partial charge in [-0.3, -0.25) is 29.4 Å². The van der Waals surface area contributed by atoms with E-state index in [-0.39, 0.29) is 36.0 Å². The van der Waals surface area contributed by atoms with Crippen molar-refractivity contribution in [1.82, 2.24) is 19.8 Å². The first-order valence-corrected chi connectivity index (χ1v) is 18.6. The smallest absolute Gasteiger partial charge is 0.267 e. The Labute approximate surface area is 319 Å². The number of nitrogens with zero attached hydrogens (tertiary/aromatic N) is 4. The van der Waals surface area contributed by atoms with Crippen LogP contribution >= 0.6 is 24.8 Å².